The van der Waals surface area contributed by atoms with E-state index >= 15 is 0 Å². The quantitative estimate of drug-likeness (QED) is 0.276. The minimum atomic E-state index is -0.863. The number of benzene rings is 3. The van der Waals surface area contributed by atoms with Crippen molar-refractivity contribution >= 4 is 46.1 Å². The van der Waals surface area contributed by atoms with Crippen LogP contribution < -0.4 is 10.6 Å². The number of hydrogen-bond donors (Lipinski definition) is 2. The number of nitrogens with one attached hydrogen (secondary N) is 2. The lowest BCUT2D eigenvalue weighted by Gasteiger charge is -2.44. The SMILES string of the molecule is CSCCC(NC(=O)OC(C)(C)C)C(=O)N(C1CCC1)C(C(=O)Nc1ccc2ccccc2c1)c1ccccc1C. The number of anilines is 1. The summed E-state index contributed by atoms with van der Waals surface area (Å²) in [4.78, 5) is 43.2. The van der Waals surface area contributed by atoms with Crippen LogP contribution in [0.3, 0.4) is 0 Å². The van der Waals surface area contributed by atoms with E-state index in [4.69, 9.17) is 4.74 Å². The predicted molar refractivity (Wildman–Crippen MR) is 167 cm³/mol. The highest BCUT2D eigenvalue weighted by Crippen LogP contribution is 2.36. The molecule has 41 heavy (non-hydrogen) atoms. The van der Waals surface area contributed by atoms with Gasteiger partial charge in [0.25, 0.3) is 5.91 Å². The highest BCUT2D eigenvalue weighted by Gasteiger charge is 2.42. The molecule has 2 N–H and O–H groups in total. The minimum absolute atomic E-state index is 0.105. The summed E-state index contributed by atoms with van der Waals surface area (Å²) in [7, 11) is 0. The standard InChI is InChI=1S/C33H41N3O4S/c1-22-11-6-9-16-27(22)29(30(37)34-25-18-17-23-12-7-8-13-24(23)21-25)36(26-14-10-15-26)31(38)28(19-20-41-5)35-32(39)40-33(2,3)4/h6-9,11-13,16-18,21,26,28-29H,10,14-15,19-20H2,1-5H3,(H,34,37)(H,35,39). The fourth-order valence-electron chi connectivity index (χ4n) is 5.09. The highest BCUT2D eigenvalue weighted by molar-refractivity contribution is 7.98. The Balaban J connectivity index is 1.71. The van der Waals surface area contributed by atoms with Crippen molar-refractivity contribution in [3.8, 4) is 0 Å². The summed E-state index contributed by atoms with van der Waals surface area (Å²) in [5.74, 6) is 0.121. The maximum absolute atomic E-state index is 14.4. The molecule has 0 aromatic heterocycles. The lowest BCUT2D eigenvalue weighted by atomic mass is 9.87. The van der Waals surface area contributed by atoms with Gasteiger partial charge in [-0.1, -0.05) is 54.6 Å². The van der Waals surface area contributed by atoms with Gasteiger partial charge in [-0.25, -0.2) is 4.79 Å². The number of carbonyl (C=O) groups is 3. The van der Waals surface area contributed by atoms with Crippen molar-refractivity contribution in [3.63, 3.8) is 0 Å². The van der Waals surface area contributed by atoms with Crippen LogP contribution in [-0.4, -0.2) is 52.5 Å². The Morgan fingerprint density at radius 3 is 2.32 bits per heavy atom. The Bertz CT molecular complexity index is 1380. The summed E-state index contributed by atoms with van der Waals surface area (Å²) in [6, 6.07) is 19.7. The molecule has 1 aliphatic rings. The van der Waals surface area contributed by atoms with Gasteiger partial charge in [0, 0.05) is 11.7 Å². The molecule has 3 aromatic rings. The lowest BCUT2D eigenvalue weighted by Crippen LogP contribution is -2.57. The average Bonchev–Trinajstić information content (AvgIpc) is 2.89. The van der Waals surface area contributed by atoms with Crippen LogP contribution in [0.1, 0.15) is 63.6 Å². The number of thioether (sulfide) groups is 1. The zero-order valence-electron chi connectivity index (χ0n) is 24.6. The molecule has 0 radical (unpaired) electrons. The van der Waals surface area contributed by atoms with Gasteiger partial charge in [0.1, 0.15) is 17.7 Å². The van der Waals surface area contributed by atoms with Crippen LogP contribution in [0.15, 0.2) is 66.7 Å². The molecular formula is C33H41N3O4S. The first-order chi connectivity index (χ1) is 19.6. The number of alkyl carbamates (subject to hydrolysis) is 1. The molecule has 1 fully saturated rings. The molecule has 3 aromatic carbocycles. The molecule has 2 unspecified atom stereocenters. The number of carbonyl (C=O) groups excluding carboxylic acids is 3. The summed E-state index contributed by atoms with van der Waals surface area (Å²) in [5.41, 5.74) is 1.66. The van der Waals surface area contributed by atoms with Crippen molar-refractivity contribution in [2.24, 2.45) is 0 Å². The van der Waals surface area contributed by atoms with Gasteiger partial charge in [-0.05, 0) is 99.4 Å². The van der Waals surface area contributed by atoms with E-state index in [0.717, 1.165) is 41.2 Å². The predicted octanol–water partition coefficient (Wildman–Crippen LogP) is 6.86. The molecule has 3 amide bonds. The van der Waals surface area contributed by atoms with Gasteiger partial charge in [-0.15, -0.1) is 0 Å². The van der Waals surface area contributed by atoms with Crippen molar-refractivity contribution < 1.29 is 19.1 Å². The molecule has 218 valence electrons. The molecule has 0 aliphatic heterocycles. The number of rotatable bonds is 10. The third kappa shape index (κ3) is 7.82. The van der Waals surface area contributed by atoms with Crippen LogP contribution in [0.4, 0.5) is 10.5 Å². The van der Waals surface area contributed by atoms with Crippen LogP contribution in [0, 0.1) is 6.92 Å². The highest BCUT2D eigenvalue weighted by atomic mass is 32.2. The largest absolute Gasteiger partial charge is 0.444 e. The van der Waals surface area contributed by atoms with E-state index in [1.54, 1.807) is 37.4 Å². The molecular weight excluding hydrogens is 534 g/mol. The Hall–Kier alpha value is -3.52. The topological polar surface area (TPSA) is 87.7 Å². The first-order valence-electron chi connectivity index (χ1n) is 14.2. The molecule has 0 bridgehead atoms. The number of hydrogen-bond acceptors (Lipinski definition) is 5. The molecule has 0 spiro atoms. The maximum Gasteiger partial charge on any atom is 0.408 e. The van der Waals surface area contributed by atoms with Crippen molar-refractivity contribution in [2.45, 2.75) is 77.1 Å². The summed E-state index contributed by atoms with van der Waals surface area (Å²) in [6.07, 6.45) is 4.34. The Labute approximate surface area is 247 Å². The lowest BCUT2D eigenvalue weighted by molar-refractivity contribution is -0.145. The van der Waals surface area contributed by atoms with E-state index in [9.17, 15) is 14.4 Å². The molecule has 1 aliphatic carbocycles. The number of nitrogens with zero attached hydrogens (tertiary/aromatic N) is 1. The van der Waals surface area contributed by atoms with Crippen LogP contribution in [-0.2, 0) is 14.3 Å². The van der Waals surface area contributed by atoms with E-state index in [-0.39, 0.29) is 17.9 Å². The Kier molecular flexibility index (Phi) is 9.97. The minimum Gasteiger partial charge on any atom is -0.444 e. The second kappa shape index (κ2) is 13.4. The van der Waals surface area contributed by atoms with Gasteiger partial charge in [-0.3, -0.25) is 9.59 Å². The first kappa shape index (κ1) is 30.4. The van der Waals surface area contributed by atoms with Gasteiger partial charge in [0.15, 0.2) is 0 Å². The van der Waals surface area contributed by atoms with Gasteiger partial charge in [0.05, 0.1) is 0 Å². The first-order valence-corrected chi connectivity index (χ1v) is 15.6. The van der Waals surface area contributed by atoms with E-state index in [1.165, 1.54) is 0 Å². The zero-order chi connectivity index (χ0) is 29.6. The number of ether oxygens (including phenoxy) is 1. The Morgan fingerprint density at radius 1 is 1.00 bits per heavy atom. The van der Waals surface area contributed by atoms with Crippen molar-refractivity contribution in [2.75, 3.05) is 17.3 Å². The second-order valence-electron chi connectivity index (χ2n) is 11.6. The summed E-state index contributed by atoms with van der Waals surface area (Å²) < 4.78 is 5.50. The number of aryl methyl sites for hydroxylation is 1. The molecule has 1 saturated carbocycles. The zero-order valence-corrected chi connectivity index (χ0v) is 25.4. The molecule has 4 rings (SSSR count). The normalized spacial score (nSPS) is 15.0. The van der Waals surface area contributed by atoms with Gasteiger partial charge in [0.2, 0.25) is 5.91 Å². The van der Waals surface area contributed by atoms with E-state index < -0.39 is 23.8 Å². The number of amides is 3. The Morgan fingerprint density at radius 2 is 1.68 bits per heavy atom. The number of fused-ring (bicyclic) bond motifs is 1. The van der Waals surface area contributed by atoms with Crippen LogP contribution in [0.5, 0.6) is 0 Å². The third-order valence-electron chi connectivity index (χ3n) is 7.35. The van der Waals surface area contributed by atoms with E-state index in [0.29, 0.717) is 17.9 Å². The monoisotopic (exact) mass is 575 g/mol. The van der Waals surface area contributed by atoms with Crippen LogP contribution in [0.2, 0.25) is 0 Å². The summed E-state index contributed by atoms with van der Waals surface area (Å²) >= 11 is 1.60. The third-order valence-corrected chi connectivity index (χ3v) is 7.99. The van der Waals surface area contributed by atoms with Crippen molar-refractivity contribution in [1.29, 1.82) is 0 Å². The van der Waals surface area contributed by atoms with Gasteiger partial charge in [-0.2, -0.15) is 11.8 Å². The maximum atomic E-state index is 14.4. The van der Waals surface area contributed by atoms with Gasteiger partial charge >= 0.3 is 6.09 Å². The fraction of sp³-hybridized carbons (Fsp3) is 0.424. The van der Waals surface area contributed by atoms with Crippen molar-refractivity contribution in [3.05, 3.63) is 77.9 Å². The van der Waals surface area contributed by atoms with Crippen LogP contribution in [0.25, 0.3) is 10.8 Å². The van der Waals surface area contributed by atoms with E-state index in [2.05, 4.69) is 10.6 Å². The molecule has 2 atom stereocenters. The molecule has 7 nitrogen and oxygen atoms in total. The second-order valence-corrected chi connectivity index (χ2v) is 12.6. The summed E-state index contributed by atoms with van der Waals surface area (Å²) in [6.45, 7) is 7.32. The smallest absolute Gasteiger partial charge is 0.408 e. The molecule has 8 heteroatoms. The average molecular weight is 576 g/mol. The van der Waals surface area contributed by atoms with E-state index in [1.807, 2.05) is 79.9 Å². The summed E-state index contributed by atoms with van der Waals surface area (Å²) in [5, 5.41) is 8.02. The van der Waals surface area contributed by atoms with Crippen LogP contribution >= 0.6 is 11.8 Å². The molecule has 0 saturated heterocycles. The molecule has 0 heterocycles. The van der Waals surface area contributed by atoms with Crippen molar-refractivity contribution in [1.82, 2.24) is 10.2 Å². The fourth-order valence-corrected chi connectivity index (χ4v) is 5.57. The van der Waals surface area contributed by atoms with Gasteiger partial charge < -0.3 is 20.3 Å².